The van der Waals surface area contributed by atoms with E-state index < -0.39 is 10.8 Å². The number of hydrogen-bond donors (Lipinski definition) is 0. The first kappa shape index (κ1) is 12.2. The van der Waals surface area contributed by atoms with Gasteiger partial charge in [0.25, 0.3) is 0 Å². The summed E-state index contributed by atoms with van der Waals surface area (Å²) in [6.45, 7) is 1.03. The molecular formula is C12H21NO2S. The van der Waals surface area contributed by atoms with Crippen LogP contribution in [0.4, 0.5) is 0 Å². The molecule has 16 heavy (non-hydrogen) atoms. The molecule has 0 aromatic heterocycles. The van der Waals surface area contributed by atoms with Crippen LogP contribution >= 0.6 is 0 Å². The van der Waals surface area contributed by atoms with Crippen molar-refractivity contribution in [3.05, 3.63) is 0 Å². The van der Waals surface area contributed by atoms with E-state index in [9.17, 15) is 9.00 Å². The number of nitrogens with zero attached hydrogens (tertiary/aromatic N) is 1. The number of fused-ring (bicyclic) bond motifs is 2. The third-order valence-electron chi connectivity index (χ3n) is 3.79. The molecule has 2 rings (SSSR count). The Morgan fingerprint density at radius 2 is 1.94 bits per heavy atom. The number of carbonyl (C=O) groups excluding carboxylic acids is 1. The molecular weight excluding hydrogens is 222 g/mol. The maximum atomic E-state index is 11.5. The first-order valence-electron chi connectivity index (χ1n) is 6.24. The van der Waals surface area contributed by atoms with Crippen molar-refractivity contribution in [1.82, 2.24) is 4.90 Å². The lowest BCUT2D eigenvalue weighted by Crippen LogP contribution is -2.52. The van der Waals surface area contributed by atoms with E-state index >= 15 is 0 Å². The largest absolute Gasteiger partial charge is 0.300 e. The van der Waals surface area contributed by atoms with Gasteiger partial charge in [-0.1, -0.05) is 6.42 Å². The first-order valence-corrected chi connectivity index (χ1v) is 7.97. The molecule has 3 nitrogen and oxygen atoms in total. The van der Waals surface area contributed by atoms with Gasteiger partial charge in [0.1, 0.15) is 5.78 Å². The highest BCUT2D eigenvalue weighted by molar-refractivity contribution is 7.84. The normalized spacial score (nSPS) is 32.7. The minimum Gasteiger partial charge on any atom is -0.300 e. The summed E-state index contributed by atoms with van der Waals surface area (Å²) in [6, 6.07) is 0.982. The number of Topliss-reactive ketones (excluding diaryl/α,β-unsaturated/α-hetero) is 1. The van der Waals surface area contributed by atoms with Crippen molar-refractivity contribution in [3.8, 4) is 0 Å². The summed E-state index contributed by atoms with van der Waals surface area (Å²) in [5.74, 6) is 1.24. The van der Waals surface area contributed by atoms with Crippen LogP contribution in [0, 0.1) is 0 Å². The number of hydrogen-bond acceptors (Lipinski definition) is 3. The van der Waals surface area contributed by atoms with Crippen LogP contribution in [0.3, 0.4) is 0 Å². The SMILES string of the molecule is CS(=O)CCCN1C2CCCC1CC(=O)C2. The van der Waals surface area contributed by atoms with Crippen molar-refractivity contribution in [1.29, 1.82) is 0 Å². The van der Waals surface area contributed by atoms with E-state index in [1.807, 2.05) is 0 Å². The highest BCUT2D eigenvalue weighted by Gasteiger charge is 2.36. The summed E-state index contributed by atoms with van der Waals surface area (Å²) >= 11 is 0. The summed E-state index contributed by atoms with van der Waals surface area (Å²) in [4.78, 5) is 14.0. The van der Waals surface area contributed by atoms with Crippen LogP contribution in [0.2, 0.25) is 0 Å². The smallest absolute Gasteiger partial charge is 0.136 e. The molecule has 2 bridgehead atoms. The Kier molecular flexibility index (Phi) is 4.14. The zero-order valence-electron chi connectivity index (χ0n) is 9.98. The van der Waals surface area contributed by atoms with E-state index in [2.05, 4.69) is 4.90 Å². The van der Waals surface area contributed by atoms with Gasteiger partial charge in [-0.15, -0.1) is 0 Å². The molecule has 0 amide bonds. The van der Waals surface area contributed by atoms with E-state index in [4.69, 9.17) is 0 Å². The second-order valence-corrected chi connectivity index (χ2v) is 6.61. The average molecular weight is 243 g/mol. The van der Waals surface area contributed by atoms with Crippen LogP contribution in [-0.4, -0.2) is 45.5 Å². The molecule has 2 saturated heterocycles. The fraction of sp³-hybridized carbons (Fsp3) is 0.917. The molecule has 2 heterocycles. The quantitative estimate of drug-likeness (QED) is 0.748. The van der Waals surface area contributed by atoms with E-state index in [0.29, 0.717) is 17.9 Å². The van der Waals surface area contributed by atoms with Gasteiger partial charge in [-0.05, 0) is 25.8 Å². The predicted octanol–water partition coefficient (Wildman–Crippen LogP) is 1.34. The third-order valence-corrected chi connectivity index (χ3v) is 4.65. The molecule has 0 radical (unpaired) electrons. The standard InChI is InChI=1S/C12H21NO2S/c1-16(15)7-3-6-13-10-4-2-5-11(13)9-12(14)8-10/h10-11H,2-9H2,1H3. The highest BCUT2D eigenvalue weighted by atomic mass is 32.2. The minimum atomic E-state index is -0.677. The Morgan fingerprint density at radius 3 is 2.50 bits per heavy atom. The lowest BCUT2D eigenvalue weighted by atomic mass is 9.84. The number of piperidine rings is 2. The van der Waals surface area contributed by atoms with E-state index in [0.717, 1.165) is 31.6 Å². The van der Waals surface area contributed by atoms with Gasteiger partial charge in [0, 0.05) is 47.7 Å². The average Bonchev–Trinajstić information content (AvgIpc) is 2.18. The van der Waals surface area contributed by atoms with E-state index in [1.54, 1.807) is 6.26 Å². The maximum absolute atomic E-state index is 11.5. The van der Waals surface area contributed by atoms with Gasteiger partial charge in [-0.2, -0.15) is 0 Å². The molecule has 2 aliphatic rings. The molecule has 4 heteroatoms. The maximum Gasteiger partial charge on any atom is 0.136 e. The van der Waals surface area contributed by atoms with Gasteiger partial charge in [0.05, 0.1) is 0 Å². The van der Waals surface area contributed by atoms with Crippen molar-refractivity contribution in [3.63, 3.8) is 0 Å². The monoisotopic (exact) mass is 243 g/mol. The fourth-order valence-corrected chi connectivity index (χ4v) is 3.62. The second-order valence-electron chi connectivity index (χ2n) is 5.05. The predicted molar refractivity (Wildman–Crippen MR) is 65.9 cm³/mol. The Balaban J connectivity index is 1.88. The summed E-state index contributed by atoms with van der Waals surface area (Å²) in [5.41, 5.74) is 0. The fourth-order valence-electron chi connectivity index (χ4n) is 3.08. The van der Waals surface area contributed by atoms with Crippen molar-refractivity contribution >= 4 is 16.6 Å². The number of carbonyl (C=O) groups is 1. The van der Waals surface area contributed by atoms with Crippen LogP contribution in [0.1, 0.15) is 38.5 Å². The zero-order chi connectivity index (χ0) is 11.5. The molecule has 2 aliphatic heterocycles. The molecule has 3 atom stereocenters. The second kappa shape index (κ2) is 5.41. The highest BCUT2D eigenvalue weighted by Crippen LogP contribution is 2.32. The third kappa shape index (κ3) is 2.92. The van der Waals surface area contributed by atoms with Gasteiger partial charge in [-0.25, -0.2) is 0 Å². The van der Waals surface area contributed by atoms with Crippen molar-refractivity contribution in [2.75, 3.05) is 18.6 Å². The Morgan fingerprint density at radius 1 is 1.31 bits per heavy atom. The van der Waals surface area contributed by atoms with Crippen LogP contribution in [0.5, 0.6) is 0 Å². The van der Waals surface area contributed by atoms with E-state index in [-0.39, 0.29) is 0 Å². The Bertz CT molecular complexity index is 277. The summed E-state index contributed by atoms with van der Waals surface area (Å²) in [6.07, 6.45) is 7.91. The molecule has 0 saturated carbocycles. The number of ketones is 1. The molecule has 0 aliphatic carbocycles. The zero-order valence-corrected chi connectivity index (χ0v) is 10.8. The van der Waals surface area contributed by atoms with Crippen molar-refractivity contribution in [2.24, 2.45) is 0 Å². The summed E-state index contributed by atoms with van der Waals surface area (Å²) < 4.78 is 11.0. The lowest BCUT2D eigenvalue weighted by Gasteiger charge is -2.45. The van der Waals surface area contributed by atoms with Gasteiger partial charge in [0.2, 0.25) is 0 Å². The van der Waals surface area contributed by atoms with E-state index in [1.165, 1.54) is 19.3 Å². The molecule has 0 spiro atoms. The molecule has 0 aromatic carbocycles. The van der Waals surface area contributed by atoms with Crippen LogP contribution in [-0.2, 0) is 15.6 Å². The molecule has 92 valence electrons. The molecule has 0 aromatic rings. The lowest BCUT2D eigenvalue weighted by molar-refractivity contribution is -0.127. The Hall–Kier alpha value is -0.220. The summed E-state index contributed by atoms with van der Waals surface area (Å²) in [7, 11) is -0.677. The van der Waals surface area contributed by atoms with Gasteiger partial charge in [-0.3, -0.25) is 13.9 Å². The first-order chi connectivity index (χ1) is 7.66. The van der Waals surface area contributed by atoms with Gasteiger partial charge in [0.15, 0.2) is 0 Å². The van der Waals surface area contributed by atoms with Gasteiger partial charge >= 0.3 is 0 Å². The van der Waals surface area contributed by atoms with Crippen molar-refractivity contribution in [2.45, 2.75) is 50.6 Å². The molecule has 2 fully saturated rings. The van der Waals surface area contributed by atoms with Crippen LogP contribution in [0.25, 0.3) is 0 Å². The number of rotatable bonds is 4. The van der Waals surface area contributed by atoms with Crippen molar-refractivity contribution < 1.29 is 9.00 Å². The minimum absolute atomic E-state index is 0.449. The molecule has 0 N–H and O–H groups in total. The van der Waals surface area contributed by atoms with Gasteiger partial charge < -0.3 is 0 Å². The van der Waals surface area contributed by atoms with Crippen LogP contribution < -0.4 is 0 Å². The topological polar surface area (TPSA) is 37.4 Å². The Labute approximate surface area is 100 Å². The van der Waals surface area contributed by atoms with Crippen LogP contribution in [0.15, 0.2) is 0 Å². The summed E-state index contributed by atoms with van der Waals surface area (Å²) in [5, 5.41) is 0. The molecule has 3 unspecified atom stereocenters.